The quantitative estimate of drug-likeness (QED) is 0.345. The Bertz CT molecular complexity index is 559. The van der Waals surface area contributed by atoms with Gasteiger partial charge in [0, 0.05) is 11.6 Å². The summed E-state index contributed by atoms with van der Waals surface area (Å²) in [5.41, 5.74) is -1.16. The fraction of sp³-hybridized carbons (Fsp3) is 0.182. The third kappa shape index (κ3) is 2.49. The summed E-state index contributed by atoms with van der Waals surface area (Å²) in [5.74, 6) is -0.906. The third-order valence-electron chi connectivity index (χ3n) is 2.11. The van der Waals surface area contributed by atoms with Gasteiger partial charge in [0.25, 0.3) is 5.69 Å². The standard InChI is InChI=1S/C11H8N2O5/c1-2-18-11(15)9-3-8(6-14)7(5-12)4-10(9)13(16)17/h3-4,6H,2H2,1H3. The van der Waals surface area contributed by atoms with Gasteiger partial charge in [0.2, 0.25) is 0 Å². The molecule has 1 aromatic rings. The van der Waals surface area contributed by atoms with Crippen LogP contribution in [0.2, 0.25) is 0 Å². The summed E-state index contributed by atoms with van der Waals surface area (Å²) in [5, 5.41) is 19.5. The zero-order chi connectivity index (χ0) is 13.7. The lowest BCUT2D eigenvalue weighted by Crippen LogP contribution is -2.09. The van der Waals surface area contributed by atoms with E-state index in [-0.39, 0.29) is 23.3 Å². The number of benzene rings is 1. The maximum atomic E-state index is 11.5. The number of carbonyl (C=O) groups excluding carboxylic acids is 2. The first-order chi connectivity index (χ1) is 8.54. The van der Waals surface area contributed by atoms with Crippen molar-refractivity contribution in [3.63, 3.8) is 0 Å². The van der Waals surface area contributed by atoms with Gasteiger partial charge in [-0.2, -0.15) is 5.26 Å². The van der Waals surface area contributed by atoms with Crippen LogP contribution in [0.25, 0.3) is 0 Å². The van der Waals surface area contributed by atoms with Crippen molar-refractivity contribution in [2.75, 3.05) is 6.61 Å². The molecule has 0 spiro atoms. The van der Waals surface area contributed by atoms with Gasteiger partial charge >= 0.3 is 5.97 Å². The maximum Gasteiger partial charge on any atom is 0.345 e. The molecule has 7 nitrogen and oxygen atoms in total. The van der Waals surface area contributed by atoms with Crippen LogP contribution in [0.15, 0.2) is 12.1 Å². The van der Waals surface area contributed by atoms with E-state index in [1.165, 1.54) is 0 Å². The Morgan fingerprint density at radius 3 is 2.72 bits per heavy atom. The number of hydrogen-bond acceptors (Lipinski definition) is 6. The predicted octanol–water partition coefficient (Wildman–Crippen LogP) is 1.46. The summed E-state index contributed by atoms with van der Waals surface area (Å²) in [6.45, 7) is 1.60. The molecule has 1 aromatic carbocycles. The minimum atomic E-state index is -0.906. The van der Waals surface area contributed by atoms with Gasteiger partial charge in [-0.05, 0) is 13.0 Å². The van der Waals surface area contributed by atoms with E-state index in [1.54, 1.807) is 13.0 Å². The Morgan fingerprint density at radius 1 is 1.61 bits per heavy atom. The highest BCUT2D eigenvalue weighted by molar-refractivity contribution is 5.97. The molecule has 0 N–H and O–H groups in total. The number of rotatable bonds is 4. The fourth-order valence-electron chi connectivity index (χ4n) is 1.32. The highest BCUT2D eigenvalue weighted by Gasteiger charge is 2.24. The lowest BCUT2D eigenvalue weighted by Gasteiger charge is -2.04. The molecular formula is C11H8N2O5. The van der Waals surface area contributed by atoms with Gasteiger partial charge in [0.15, 0.2) is 6.29 Å². The van der Waals surface area contributed by atoms with Gasteiger partial charge in [-0.15, -0.1) is 0 Å². The first-order valence-corrected chi connectivity index (χ1v) is 4.90. The number of ether oxygens (including phenoxy) is 1. The van der Waals surface area contributed by atoms with Gasteiger partial charge in [0.05, 0.1) is 17.1 Å². The van der Waals surface area contributed by atoms with E-state index >= 15 is 0 Å². The number of esters is 1. The maximum absolute atomic E-state index is 11.5. The molecule has 1 rings (SSSR count). The van der Waals surface area contributed by atoms with E-state index in [0.29, 0.717) is 6.29 Å². The van der Waals surface area contributed by atoms with E-state index in [4.69, 9.17) is 5.26 Å². The third-order valence-corrected chi connectivity index (χ3v) is 2.11. The number of aldehydes is 1. The van der Waals surface area contributed by atoms with Crippen molar-refractivity contribution in [1.82, 2.24) is 0 Å². The lowest BCUT2D eigenvalue weighted by molar-refractivity contribution is -0.385. The van der Waals surface area contributed by atoms with Crippen LogP contribution in [-0.4, -0.2) is 23.8 Å². The summed E-state index contributed by atoms with van der Waals surface area (Å²) in [6.07, 6.45) is 0.352. The topological polar surface area (TPSA) is 110 Å². The summed E-state index contributed by atoms with van der Waals surface area (Å²) in [6, 6.07) is 3.52. The molecule has 0 aliphatic carbocycles. The molecule has 0 bridgehead atoms. The van der Waals surface area contributed by atoms with Crippen LogP contribution in [0.1, 0.15) is 33.2 Å². The largest absolute Gasteiger partial charge is 0.462 e. The number of hydrogen-bond donors (Lipinski definition) is 0. The minimum Gasteiger partial charge on any atom is -0.462 e. The smallest absolute Gasteiger partial charge is 0.345 e. The first kappa shape index (κ1) is 13.3. The summed E-state index contributed by atoms with van der Waals surface area (Å²) >= 11 is 0. The molecule has 0 saturated heterocycles. The molecule has 0 unspecified atom stereocenters. The van der Waals surface area contributed by atoms with Crippen LogP contribution in [0, 0.1) is 21.4 Å². The van der Waals surface area contributed by atoms with Gasteiger partial charge in [0.1, 0.15) is 11.6 Å². The number of nitro groups is 1. The Labute approximate surface area is 102 Å². The van der Waals surface area contributed by atoms with Gasteiger partial charge in [-0.3, -0.25) is 14.9 Å². The van der Waals surface area contributed by atoms with E-state index in [9.17, 15) is 19.7 Å². The van der Waals surface area contributed by atoms with Crippen LogP contribution in [0.5, 0.6) is 0 Å². The SMILES string of the molecule is CCOC(=O)c1cc(C=O)c(C#N)cc1[N+](=O)[O-]. The van der Waals surface area contributed by atoms with Crippen molar-refractivity contribution in [3.05, 3.63) is 38.9 Å². The van der Waals surface area contributed by atoms with Gasteiger partial charge in [-0.25, -0.2) is 4.79 Å². The normalized spacial score (nSPS) is 9.33. The summed E-state index contributed by atoms with van der Waals surface area (Å²) < 4.78 is 4.65. The van der Waals surface area contributed by atoms with Gasteiger partial charge < -0.3 is 4.74 Å². The number of nitriles is 1. The Hall–Kier alpha value is -2.75. The highest BCUT2D eigenvalue weighted by atomic mass is 16.6. The molecule has 0 amide bonds. The van der Waals surface area contributed by atoms with Gasteiger partial charge in [-0.1, -0.05) is 0 Å². The van der Waals surface area contributed by atoms with Crippen molar-refractivity contribution in [2.24, 2.45) is 0 Å². The van der Waals surface area contributed by atoms with Crippen molar-refractivity contribution >= 4 is 17.9 Å². The lowest BCUT2D eigenvalue weighted by atomic mass is 10.0. The molecule has 92 valence electrons. The zero-order valence-corrected chi connectivity index (χ0v) is 9.37. The molecule has 0 aliphatic rings. The summed E-state index contributed by atoms with van der Waals surface area (Å²) in [7, 11) is 0. The molecule has 0 fully saturated rings. The Balaban J connectivity index is 3.48. The number of nitro benzene ring substituents is 1. The second-order valence-electron chi connectivity index (χ2n) is 3.16. The van der Waals surface area contributed by atoms with Crippen molar-refractivity contribution in [1.29, 1.82) is 5.26 Å². The predicted molar refractivity (Wildman–Crippen MR) is 59.2 cm³/mol. The molecule has 0 radical (unpaired) electrons. The Morgan fingerprint density at radius 2 is 2.28 bits per heavy atom. The van der Waals surface area contributed by atoms with Crippen molar-refractivity contribution < 1.29 is 19.2 Å². The van der Waals surface area contributed by atoms with Crippen molar-refractivity contribution in [3.8, 4) is 6.07 Å². The zero-order valence-electron chi connectivity index (χ0n) is 9.37. The fourth-order valence-corrected chi connectivity index (χ4v) is 1.32. The minimum absolute atomic E-state index is 0.0480. The molecule has 18 heavy (non-hydrogen) atoms. The van der Waals surface area contributed by atoms with E-state index < -0.39 is 16.6 Å². The van der Waals surface area contributed by atoms with Crippen LogP contribution in [-0.2, 0) is 4.74 Å². The van der Waals surface area contributed by atoms with Crippen LogP contribution < -0.4 is 0 Å². The second kappa shape index (κ2) is 5.54. The highest BCUT2D eigenvalue weighted by Crippen LogP contribution is 2.23. The monoisotopic (exact) mass is 248 g/mol. The first-order valence-electron chi connectivity index (χ1n) is 4.90. The van der Waals surface area contributed by atoms with E-state index in [2.05, 4.69) is 4.74 Å². The average Bonchev–Trinajstić information content (AvgIpc) is 2.37. The van der Waals surface area contributed by atoms with Crippen molar-refractivity contribution in [2.45, 2.75) is 6.92 Å². The molecule has 0 aromatic heterocycles. The molecular weight excluding hydrogens is 240 g/mol. The Kier molecular flexibility index (Phi) is 4.10. The molecule has 7 heteroatoms. The molecule has 0 atom stereocenters. The van der Waals surface area contributed by atoms with Crippen LogP contribution in [0.4, 0.5) is 5.69 Å². The second-order valence-corrected chi connectivity index (χ2v) is 3.16. The van der Waals surface area contributed by atoms with E-state index in [1.807, 2.05) is 0 Å². The molecule has 0 saturated carbocycles. The van der Waals surface area contributed by atoms with E-state index in [0.717, 1.165) is 12.1 Å². The number of carbonyl (C=O) groups is 2. The summed E-state index contributed by atoms with van der Waals surface area (Å²) in [4.78, 5) is 32.2. The molecule has 0 aliphatic heterocycles. The molecule has 0 heterocycles. The average molecular weight is 248 g/mol. The van der Waals surface area contributed by atoms with Crippen LogP contribution in [0.3, 0.4) is 0 Å². The van der Waals surface area contributed by atoms with Crippen LogP contribution >= 0.6 is 0 Å². The number of nitrogens with zero attached hydrogens (tertiary/aromatic N) is 2.